The van der Waals surface area contributed by atoms with Crippen LogP contribution in [0.25, 0.3) is 6.08 Å². The largest absolute Gasteiger partial charge is 0.297 e. The van der Waals surface area contributed by atoms with Gasteiger partial charge in [0.15, 0.2) is 0 Å². The number of hydrogen-bond donors (Lipinski definition) is 0. The number of thioether (sulfide) groups is 1. The Balaban J connectivity index is 1.46. The molecule has 24 heavy (non-hydrogen) atoms. The van der Waals surface area contributed by atoms with Gasteiger partial charge in [0.1, 0.15) is 5.37 Å². The maximum Gasteiger partial charge on any atom is 0.269 e. The van der Waals surface area contributed by atoms with E-state index >= 15 is 0 Å². The quantitative estimate of drug-likeness (QED) is 0.359. The van der Waals surface area contributed by atoms with Gasteiger partial charge in [-0.05, 0) is 34.0 Å². The molecule has 0 spiro atoms. The van der Waals surface area contributed by atoms with E-state index in [4.69, 9.17) is 0 Å². The summed E-state index contributed by atoms with van der Waals surface area (Å²) in [5.74, 6) is 0.0531. The van der Waals surface area contributed by atoms with E-state index in [1.165, 1.54) is 12.1 Å². The number of rotatable bonds is 4. The highest BCUT2D eigenvalue weighted by atomic mass is 32.2. The smallest absolute Gasteiger partial charge is 0.269 e. The maximum absolute atomic E-state index is 12.2. The van der Waals surface area contributed by atoms with Crippen molar-refractivity contribution in [3.8, 4) is 0 Å². The number of carbonyl (C=O) groups is 1. The second-order valence-corrected chi connectivity index (χ2v) is 7.52. The highest BCUT2D eigenvalue weighted by Gasteiger charge is 2.45. The van der Waals surface area contributed by atoms with E-state index in [0.717, 1.165) is 21.6 Å². The number of thiophene rings is 1. The Morgan fingerprint density at radius 2 is 2.04 bits per heavy atom. The standard InChI is InChI=1S/C17H12N2O3S2/c20-16-15(8-12-5-6-23-10-12)17-18(16)9-14(24-17)7-11-1-3-13(4-2-11)19(21)22/h1-6,8-10,17H,7H2/t17-/m1/s1. The van der Waals surface area contributed by atoms with Crippen LogP contribution in [-0.4, -0.2) is 21.1 Å². The van der Waals surface area contributed by atoms with Gasteiger partial charge in [-0.3, -0.25) is 19.8 Å². The van der Waals surface area contributed by atoms with Crippen molar-refractivity contribution in [1.82, 2.24) is 4.90 Å². The van der Waals surface area contributed by atoms with Gasteiger partial charge in [0.05, 0.1) is 10.5 Å². The zero-order chi connectivity index (χ0) is 16.7. The molecule has 1 amide bonds. The van der Waals surface area contributed by atoms with Crippen LogP contribution in [0.1, 0.15) is 11.1 Å². The summed E-state index contributed by atoms with van der Waals surface area (Å²) in [7, 11) is 0. The van der Waals surface area contributed by atoms with Crippen molar-refractivity contribution in [1.29, 1.82) is 0 Å². The van der Waals surface area contributed by atoms with Crippen molar-refractivity contribution in [2.45, 2.75) is 11.8 Å². The summed E-state index contributed by atoms with van der Waals surface area (Å²) in [6, 6.07) is 8.55. The molecular weight excluding hydrogens is 344 g/mol. The van der Waals surface area contributed by atoms with E-state index in [0.29, 0.717) is 6.42 Å². The molecule has 1 aromatic carbocycles. The van der Waals surface area contributed by atoms with Gasteiger partial charge in [-0.2, -0.15) is 11.3 Å². The van der Waals surface area contributed by atoms with Crippen LogP contribution in [0.3, 0.4) is 0 Å². The zero-order valence-corrected chi connectivity index (χ0v) is 14.0. The maximum atomic E-state index is 12.2. The molecule has 0 aliphatic carbocycles. The molecule has 4 rings (SSSR count). The van der Waals surface area contributed by atoms with Crippen LogP contribution in [0.4, 0.5) is 5.69 Å². The van der Waals surface area contributed by atoms with Crippen molar-refractivity contribution in [2.24, 2.45) is 0 Å². The van der Waals surface area contributed by atoms with E-state index in [1.54, 1.807) is 40.1 Å². The second kappa shape index (κ2) is 5.92. The molecule has 1 atom stereocenters. The van der Waals surface area contributed by atoms with E-state index < -0.39 is 4.92 Å². The lowest BCUT2D eigenvalue weighted by molar-refractivity contribution is -0.384. The van der Waals surface area contributed by atoms with Crippen LogP contribution < -0.4 is 0 Å². The van der Waals surface area contributed by atoms with Crippen molar-refractivity contribution in [3.63, 3.8) is 0 Å². The fourth-order valence-corrected chi connectivity index (χ4v) is 4.61. The first-order valence-electron chi connectivity index (χ1n) is 7.29. The molecule has 1 aromatic heterocycles. The van der Waals surface area contributed by atoms with E-state index in [9.17, 15) is 14.9 Å². The molecule has 0 unspecified atom stereocenters. The van der Waals surface area contributed by atoms with E-state index in [-0.39, 0.29) is 17.0 Å². The third-order valence-electron chi connectivity index (χ3n) is 3.94. The zero-order valence-electron chi connectivity index (χ0n) is 12.4. The Labute approximate surface area is 146 Å². The minimum atomic E-state index is -0.403. The number of nitro benzene ring substituents is 1. The summed E-state index contributed by atoms with van der Waals surface area (Å²) in [6.07, 6.45) is 4.52. The number of carbonyl (C=O) groups excluding carboxylic acids is 1. The Kier molecular flexibility index (Phi) is 3.74. The highest BCUT2D eigenvalue weighted by Crippen LogP contribution is 2.46. The van der Waals surface area contributed by atoms with Crippen molar-refractivity contribution < 1.29 is 9.72 Å². The number of non-ortho nitro benzene ring substituents is 1. The molecule has 3 heterocycles. The predicted molar refractivity (Wildman–Crippen MR) is 95.4 cm³/mol. The Morgan fingerprint density at radius 1 is 1.25 bits per heavy atom. The van der Waals surface area contributed by atoms with Gasteiger partial charge in [0, 0.05) is 29.7 Å². The lowest BCUT2D eigenvalue weighted by Gasteiger charge is -2.35. The Morgan fingerprint density at radius 3 is 2.71 bits per heavy atom. The van der Waals surface area contributed by atoms with Crippen molar-refractivity contribution in [2.75, 3.05) is 0 Å². The number of allylic oxidation sites excluding steroid dienone is 1. The summed E-state index contributed by atoms with van der Waals surface area (Å²) < 4.78 is 0. The van der Waals surface area contributed by atoms with Gasteiger partial charge in [0.25, 0.3) is 11.6 Å². The molecular formula is C17H12N2O3S2. The van der Waals surface area contributed by atoms with Crippen LogP contribution in [0.5, 0.6) is 0 Å². The van der Waals surface area contributed by atoms with Crippen LogP contribution >= 0.6 is 23.1 Å². The lowest BCUT2D eigenvalue weighted by Crippen LogP contribution is -2.47. The van der Waals surface area contributed by atoms with Crippen LogP contribution in [-0.2, 0) is 11.2 Å². The molecule has 2 aliphatic rings. The fourth-order valence-electron chi connectivity index (χ4n) is 2.71. The summed E-state index contributed by atoms with van der Waals surface area (Å²) in [5, 5.41) is 14.8. The molecule has 0 N–H and O–H groups in total. The SMILES string of the molecule is O=C1C(=Cc2ccsc2)[C@H]2SC(Cc3ccc([N+](=O)[O-])cc3)=CN12. The molecule has 0 radical (unpaired) electrons. The first-order chi connectivity index (χ1) is 11.6. The van der Waals surface area contributed by atoms with Gasteiger partial charge < -0.3 is 0 Å². The van der Waals surface area contributed by atoms with Gasteiger partial charge in [-0.1, -0.05) is 23.9 Å². The van der Waals surface area contributed by atoms with E-state index in [1.807, 2.05) is 29.1 Å². The Hall–Kier alpha value is -2.38. The summed E-state index contributed by atoms with van der Waals surface area (Å²) in [6.45, 7) is 0. The minimum Gasteiger partial charge on any atom is -0.297 e. The summed E-state index contributed by atoms with van der Waals surface area (Å²) in [5.41, 5.74) is 2.98. The van der Waals surface area contributed by atoms with Crippen LogP contribution in [0.15, 0.2) is 57.8 Å². The van der Waals surface area contributed by atoms with Gasteiger partial charge in [-0.15, -0.1) is 0 Å². The van der Waals surface area contributed by atoms with E-state index in [2.05, 4.69) is 0 Å². The second-order valence-electron chi connectivity index (χ2n) is 5.53. The average Bonchev–Trinajstić information content (AvgIpc) is 3.21. The van der Waals surface area contributed by atoms with Gasteiger partial charge >= 0.3 is 0 Å². The summed E-state index contributed by atoms with van der Waals surface area (Å²) in [4.78, 5) is 25.4. The number of benzene rings is 1. The average molecular weight is 356 g/mol. The van der Waals surface area contributed by atoms with Gasteiger partial charge in [-0.25, -0.2) is 0 Å². The van der Waals surface area contributed by atoms with Crippen molar-refractivity contribution in [3.05, 3.63) is 79.0 Å². The lowest BCUT2D eigenvalue weighted by atomic mass is 10.0. The monoisotopic (exact) mass is 356 g/mol. The predicted octanol–water partition coefficient (Wildman–Crippen LogP) is 4.04. The molecule has 0 bridgehead atoms. The molecule has 5 nitrogen and oxygen atoms in total. The number of β-lactam (4-membered cyclic amide) rings is 1. The first kappa shape index (κ1) is 15.2. The molecule has 7 heteroatoms. The molecule has 2 aliphatic heterocycles. The van der Waals surface area contributed by atoms with Crippen LogP contribution in [0, 0.1) is 10.1 Å². The molecule has 1 saturated heterocycles. The highest BCUT2D eigenvalue weighted by molar-refractivity contribution is 8.04. The molecule has 120 valence electrons. The number of amides is 1. The minimum absolute atomic E-state index is 0.0531. The molecule has 1 fully saturated rings. The topological polar surface area (TPSA) is 63.4 Å². The fraction of sp³-hybridized carbons (Fsp3) is 0.118. The molecule has 0 saturated carbocycles. The third-order valence-corrected chi connectivity index (χ3v) is 5.90. The summed E-state index contributed by atoms with van der Waals surface area (Å²) >= 11 is 3.28. The van der Waals surface area contributed by atoms with Crippen LogP contribution in [0.2, 0.25) is 0 Å². The van der Waals surface area contributed by atoms with Crippen molar-refractivity contribution >= 4 is 40.8 Å². The number of fused-ring (bicyclic) bond motifs is 1. The number of nitro groups is 1. The molecule has 2 aromatic rings. The normalized spacial score (nSPS) is 20.8. The number of nitrogens with zero attached hydrogens (tertiary/aromatic N) is 2. The first-order valence-corrected chi connectivity index (χ1v) is 9.11. The number of hydrogen-bond acceptors (Lipinski definition) is 5. The third kappa shape index (κ3) is 2.65. The van der Waals surface area contributed by atoms with Gasteiger partial charge in [0.2, 0.25) is 0 Å². The Bertz CT molecular complexity index is 870.